The Hall–Kier alpha value is -1.40. The Bertz CT molecular complexity index is 534. The second-order valence-electron chi connectivity index (χ2n) is 4.55. The van der Waals surface area contributed by atoms with E-state index in [4.69, 9.17) is 4.74 Å². The van der Waals surface area contributed by atoms with E-state index in [0.29, 0.717) is 13.2 Å². The van der Waals surface area contributed by atoms with E-state index in [1.54, 1.807) is 31.2 Å². The highest BCUT2D eigenvalue weighted by Crippen LogP contribution is 2.13. The molecule has 0 N–H and O–H groups in total. The molecule has 5 nitrogen and oxygen atoms in total. The summed E-state index contributed by atoms with van der Waals surface area (Å²) in [5, 5.41) is 0. The lowest BCUT2D eigenvalue weighted by atomic mass is 10.2. The van der Waals surface area contributed by atoms with Gasteiger partial charge >= 0.3 is 0 Å². The zero-order valence-corrected chi connectivity index (χ0v) is 12.6. The van der Waals surface area contributed by atoms with Crippen LogP contribution in [0.25, 0.3) is 0 Å². The molecule has 6 heteroatoms. The molecule has 1 aromatic carbocycles. The van der Waals surface area contributed by atoms with Crippen LogP contribution in [-0.4, -0.2) is 46.5 Å². The minimum atomic E-state index is -3.68. The van der Waals surface area contributed by atoms with Gasteiger partial charge in [0.15, 0.2) is 5.90 Å². The van der Waals surface area contributed by atoms with Crippen LogP contribution >= 0.6 is 0 Å². The number of aryl methyl sites for hydroxylation is 1. The quantitative estimate of drug-likeness (QED) is 0.610. The van der Waals surface area contributed by atoms with Crippen molar-refractivity contribution >= 4 is 15.9 Å². The second kappa shape index (κ2) is 6.68. The first-order chi connectivity index (χ1) is 8.81. The van der Waals surface area contributed by atoms with Crippen LogP contribution in [0.2, 0.25) is 0 Å². The van der Waals surface area contributed by atoms with Crippen molar-refractivity contribution in [2.45, 2.75) is 18.7 Å². The van der Waals surface area contributed by atoms with Crippen LogP contribution in [0.15, 0.2) is 33.6 Å². The third kappa shape index (κ3) is 5.40. The van der Waals surface area contributed by atoms with Gasteiger partial charge in [-0.3, -0.25) is 0 Å². The molecule has 0 radical (unpaired) electrons. The van der Waals surface area contributed by atoms with Crippen molar-refractivity contribution in [3.8, 4) is 0 Å². The maximum Gasteiger partial charge on any atom is 0.285 e. The number of hydrogen-bond acceptors (Lipinski definition) is 4. The van der Waals surface area contributed by atoms with E-state index in [-0.39, 0.29) is 10.8 Å². The van der Waals surface area contributed by atoms with Crippen molar-refractivity contribution in [2.75, 3.05) is 27.2 Å². The summed E-state index contributed by atoms with van der Waals surface area (Å²) in [6.07, 6.45) is 0. The van der Waals surface area contributed by atoms with E-state index in [1.807, 2.05) is 25.9 Å². The van der Waals surface area contributed by atoms with Gasteiger partial charge in [0.2, 0.25) is 0 Å². The van der Waals surface area contributed by atoms with Gasteiger partial charge in [-0.15, -0.1) is 4.40 Å². The number of ether oxygens (including phenoxy) is 1. The lowest BCUT2D eigenvalue weighted by Gasteiger charge is -2.10. The van der Waals surface area contributed by atoms with Gasteiger partial charge in [0.25, 0.3) is 10.0 Å². The first kappa shape index (κ1) is 15.7. The Morgan fingerprint density at radius 3 is 2.37 bits per heavy atom. The van der Waals surface area contributed by atoms with Gasteiger partial charge in [0, 0.05) is 13.5 Å². The van der Waals surface area contributed by atoms with E-state index in [9.17, 15) is 8.42 Å². The van der Waals surface area contributed by atoms with Crippen molar-refractivity contribution in [2.24, 2.45) is 4.40 Å². The Morgan fingerprint density at radius 2 is 1.84 bits per heavy atom. The fraction of sp³-hybridized carbons (Fsp3) is 0.462. The largest absolute Gasteiger partial charge is 0.479 e. The summed E-state index contributed by atoms with van der Waals surface area (Å²) in [7, 11) is 0.154. The molecule has 0 bridgehead atoms. The van der Waals surface area contributed by atoms with Crippen LogP contribution in [0.5, 0.6) is 0 Å². The number of hydrogen-bond donors (Lipinski definition) is 0. The summed E-state index contributed by atoms with van der Waals surface area (Å²) in [4.78, 5) is 2.12. The summed E-state index contributed by atoms with van der Waals surface area (Å²) in [6, 6.07) is 6.57. The molecule has 106 valence electrons. The van der Waals surface area contributed by atoms with Crippen molar-refractivity contribution in [1.82, 2.24) is 4.90 Å². The Kier molecular flexibility index (Phi) is 5.50. The van der Waals surface area contributed by atoms with E-state index >= 15 is 0 Å². The van der Waals surface area contributed by atoms with Gasteiger partial charge in [-0.2, -0.15) is 8.42 Å². The molecule has 0 unspecified atom stereocenters. The highest BCUT2D eigenvalue weighted by Gasteiger charge is 2.13. The number of sulfonamides is 1. The van der Waals surface area contributed by atoms with Gasteiger partial charge in [-0.25, -0.2) is 0 Å². The predicted molar refractivity (Wildman–Crippen MR) is 76.0 cm³/mol. The monoisotopic (exact) mass is 284 g/mol. The molecule has 0 saturated carbocycles. The maximum atomic E-state index is 12.0. The molecule has 1 rings (SSSR count). The molecular weight excluding hydrogens is 264 g/mol. The van der Waals surface area contributed by atoms with E-state index in [2.05, 4.69) is 4.40 Å². The highest BCUT2D eigenvalue weighted by atomic mass is 32.2. The van der Waals surface area contributed by atoms with Crippen LogP contribution in [0.3, 0.4) is 0 Å². The van der Waals surface area contributed by atoms with Crippen LogP contribution < -0.4 is 0 Å². The summed E-state index contributed by atoms with van der Waals surface area (Å²) >= 11 is 0. The van der Waals surface area contributed by atoms with E-state index in [1.165, 1.54) is 0 Å². The fourth-order valence-electron chi connectivity index (χ4n) is 1.33. The van der Waals surface area contributed by atoms with Crippen molar-refractivity contribution in [1.29, 1.82) is 0 Å². The maximum absolute atomic E-state index is 12.0. The third-order valence-corrected chi connectivity index (χ3v) is 3.78. The molecule has 19 heavy (non-hydrogen) atoms. The molecule has 0 saturated heterocycles. The zero-order valence-electron chi connectivity index (χ0n) is 11.8. The van der Waals surface area contributed by atoms with E-state index in [0.717, 1.165) is 5.56 Å². The lowest BCUT2D eigenvalue weighted by molar-refractivity contribution is 0.250. The SMILES string of the molecule is CC(=NS(=O)(=O)c1ccc(C)cc1)OCCN(C)C. The van der Waals surface area contributed by atoms with Gasteiger partial charge in [0.1, 0.15) is 6.61 Å². The normalized spacial score (nSPS) is 12.8. The smallest absolute Gasteiger partial charge is 0.285 e. The first-order valence-corrected chi connectivity index (χ1v) is 7.41. The van der Waals surface area contributed by atoms with Crippen molar-refractivity contribution in [3.05, 3.63) is 29.8 Å². The molecule has 0 fully saturated rings. The topological polar surface area (TPSA) is 59.0 Å². The second-order valence-corrected chi connectivity index (χ2v) is 6.15. The fourth-order valence-corrected chi connectivity index (χ4v) is 2.31. The highest BCUT2D eigenvalue weighted by molar-refractivity contribution is 7.90. The summed E-state index contributed by atoms with van der Waals surface area (Å²) in [5.74, 6) is 0.155. The summed E-state index contributed by atoms with van der Waals surface area (Å²) in [6.45, 7) is 4.56. The average molecular weight is 284 g/mol. The molecule has 0 aliphatic rings. The minimum absolute atomic E-state index is 0.155. The molecule has 0 aromatic heterocycles. The molecule has 0 heterocycles. The molecule has 0 atom stereocenters. The molecular formula is C13H20N2O3S. The average Bonchev–Trinajstić information content (AvgIpc) is 2.28. The van der Waals surface area contributed by atoms with E-state index < -0.39 is 10.0 Å². The minimum Gasteiger partial charge on any atom is -0.479 e. The van der Waals surface area contributed by atoms with Crippen LogP contribution in [0.1, 0.15) is 12.5 Å². The van der Waals surface area contributed by atoms with Gasteiger partial charge in [-0.05, 0) is 33.2 Å². The van der Waals surface area contributed by atoms with Crippen LogP contribution in [-0.2, 0) is 14.8 Å². The molecule has 0 aliphatic carbocycles. The first-order valence-electron chi connectivity index (χ1n) is 5.97. The molecule has 0 aliphatic heterocycles. The Balaban J connectivity index is 2.75. The predicted octanol–water partition coefficient (Wildman–Crippen LogP) is 1.68. The Labute approximate surface area is 115 Å². The third-order valence-electron chi connectivity index (χ3n) is 2.42. The van der Waals surface area contributed by atoms with Crippen molar-refractivity contribution in [3.63, 3.8) is 0 Å². The number of nitrogens with zero attached hydrogens (tertiary/aromatic N) is 2. The van der Waals surface area contributed by atoms with Crippen LogP contribution in [0.4, 0.5) is 0 Å². The number of likely N-dealkylation sites (N-methyl/N-ethyl adjacent to an activating group) is 1. The zero-order chi connectivity index (χ0) is 14.5. The summed E-state index contributed by atoms with van der Waals surface area (Å²) < 4.78 is 32.9. The lowest BCUT2D eigenvalue weighted by Crippen LogP contribution is -2.19. The van der Waals surface area contributed by atoms with Gasteiger partial charge in [0.05, 0.1) is 4.90 Å². The molecule has 1 aromatic rings. The number of benzene rings is 1. The molecule has 0 spiro atoms. The Morgan fingerprint density at radius 1 is 1.26 bits per heavy atom. The number of rotatable bonds is 5. The standard InChI is InChI=1S/C13H20N2O3S/c1-11-5-7-13(8-6-11)19(16,17)14-12(2)18-10-9-15(3)4/h5-8H,9-10H2,1-4H3. The van der Waals surface area contributed by atoms with Gasteiger partial charge in [-0.1, -0.05) is 17.7 Å². The van der Waals surface area contributed by atoms with Gasteiger partial charge < -0.3 is 9.64 Å². The van der Waals surface area contributed by atoms with Crippen molar-refractivity contribution < 1.29 is 13.2 Å². The molecule has 0 amide bonds. The summed E-state index contributed by atoms with van der Waals surface area (Å²) in [5.41, 5.74) is 1.00. The van der Waals surface area contributed by atoms with Crippen LogP contribution in [0, 0.1) is 6.92 Å².